The van der Waals surface area contributed by atoms with Gasteiger partial charge in [-0.3, -0.25) is 0 Å². The van der Waals surface area contributed by atoms with Crippen molar-refractivity contribution in [3.8, 4) is 5.75 Å². The van der Waals surface area contributed by atoms with E-state index in [9.17, 15) is 5.11 Å². The number of aromatic hydroxyl groups is 1. The highest BCUT2D eigenvalue weighted by molar-refractivity contribution is 5.45. The molecule has 3 unspecified atom stereocenters. The summed E-state index contributed by atoms with van der Waals surface area (Å²) in [7, 11) is 0. The van der Waals surface area contributed by atoms with Gasteiger partial charge in [-0.25, -0.2) is 0 Å². The Morgan fingerprint density at radius 3 is 2.58 bits per heavy atom. The van der Waals surface area contributed by atoms with Crippen LogP contribution in [0.25, 0.3) is 0 Å². The van der Waals surface area contributed by atoms with Gasteiger partial charge >= 0.3 is 0 Å². The van der Waals surface area contributed by atoms with E-state index in [4.69, 9.17) is 5.73 Å². The zero-order chi connectivity index (χ0) is 13.8. The van der Waals surface area contributed by atoms with Crippen molar-refractivity contribution in [3.63, 3.8) is 0 Å². The lowest BCUT2D eigenvalue weighted by molar-refractivity contribution is 0.133. The van der Waals surface area contributed by atoms with Gasteiger partial charge in [-0.1, -0.05) is 32.9 Å². The SMILES string of the molecule is CC1(C)C2CCC1(C)C(c1c(O)cccc1CN)C2. The fourth-order valence-corrected chi connectivity index (χ4v) is 4.82. The van der Waals surface area contributed by atoms with E-state index in [-0.39, 0.29) is 0 Å². The van der Waals surface area contributed by atoms with Gasteiger partial charge in [-0.05, 0) is 53.6 Å². The monoisotopic (exact) mass is 259 g/mol. The molecule has 2 bridgehead atoms. The number of hydrogen-bond acceptors (Lipinski definition) is 2. The van der Waals surface area contributed by atoms with E-state index >= 15 is 0 Å². The van der Waals surface area contributed by atoms with Gasteiger partial charge < -0.3 is 10.8 Å². The zero-order valence-electron chi connectivity index (χ0n) is 12.2. The molecule has 0 spiro atoms. The molecule has 2 aliphatic carbocycles. The van der Waals surface area contributed by atoms with Gasteiger partial charge in [0.25, 0.3) is 0 Å². The minimum atomic E-state index is 0.292. The van der Waals surface area contributed by atoms with Crippen LogP contribution in [-0.2, 0) is 6.54 Å². The van der Waals surface area contributed by atoms with E-state index in [1.807, 2.05) is 12.1 Å². The lowest BCUT2D eigenvalue weighted by atomic mass is 9.64. The molecule has 0 aliphatic heterocycles. The Morgan fingerprint density at radius 2 is 2.05 bits per heavy atom. The standard InChI is InChI=1S/C17H25NO/c1-16(2)12-7-8-17(16,3)13(9-12)15-11(10-18)5-4-6-14(15)19/h4-6,12-13,19H,7-10,18H2,1-3H3. The van der Waals surface area contributed by atoms with Crippen LogP contribution in [0.5, 0.6) is 5.75 Å². The summed E-state index contributed by atoms with van der Waals surface area (Å²) in [6.07, 6.45) is 3.81. The van der Waals surface area contributed by atoms with Gasteiger partial charge in [0, 0.05) is 12.1 Å². The van der Waals surface area contributed by atoms with Crippen molar-refractivity contribution >= 4 is 0 Å². The number of phenolic OH excluding ortho intramolecular Hbond substituents is 1. The fraction of sp³-hybridized carbons (Fsp3) is 0.647. The molecule has 0 amide bonds. The Hall–Kier alpha value is -1.02. The van der Waals surface area contributed by atoms with E-state index in [2.05, 4.69) is 26.8 Å². The van der Waals surface area contributed by atoms with Crippen molar-refractivity contribution in [3.05, 3.63) is 29.3 Å². The van der Waals surface area contributed by atoms with Crippen LogP contribution in [0.1, 0.15) is 57.1 Å². The molecule has 1 aromatic carbocycles. The molecule has 3 N–H and O–H groups in total. The van der Waals surface area contributed by atoms with Gasteiger partial charge in [-0.2, -0.15) is 0 Å². The molecule has 0 aromatic heterocycles. The lowest BCUT2D eigenvalue weighted by Gasteiger charge is -2.40. The molecule has 2 fully saturated rings. The first-order chi connectivity index (χ1) is 8.91. The van der Waals surface area contributed by atoms with Crippen LogP contribution in [0.15, 0.2) is 18.2 Å². The van der Waals surface area contributed by atoms with Crippen molar-refractivity contribution in [2.75, 3.05) is 0 Å². The maximum atomic E-state index is 10.3. The summed E-state index contributed by atoms with van der Waals surface area (Å²) < 4.78 is 0. The molecule has 2 aliphatic rings. The molecular weight excluding hydrogens is 234 g/mol. The number of nitrogens with two attached hydrogens (primary N) is 1. The molecule has 2 saturated carbocycles. The first kappa shape index (κ1) is 13.0. The van der Waals surface area contributed by atoms with E-state index in [1.165, 1.54) is 19.3 Å². The molecule has 0 radical (unpaired) electrons. The zero-order valence-corrected chi connectivity index (χ0v) is 12.2. The molecular formula is C17H25NO. The van der Waals surface area contributed by atoms with E-state index < -0.39 is 0 Å². The van der Waals surface area contributed by atoms with E-state index in [1.54, 1.807) is 0 Å². The van der Waals surface area contributed by atoms with Crippen molar-refractivity contribution in [2.24, 2.45) is 22.5 Å². The molecule has 104 valence electrons. The fourth-order valence-electron chi connectivity index (χ4n) is 4.82. The quantitative estimate of drug-likeness (QED) is 0.849. The highest BCUT2D eigenvalue weighted by Gasteiger charge is 2.61. The molecule has 2 heteroatoms. The van der Waals surface area contributed by atoms with Gasteiger partial charge in [0.15, 0.2) is 0 Å². The van der Waals surface area contributed by atoms with Crippen LogP contribution in [0.3, 0.4) is 0 Å². The van der Waals surface area contributed by atoms with Gasteiger partial charge in [-0.15, -0.1) is 0 Å². The predicted molar refractivity (Wildman–Crippen MR) is 78.0 cm³/mol. The van der Waals surface area contributed by atoms with Gasteiger partial charge in [0.1, 0.15) is 5.75 Å². The average molecular weight is 259 g/mol. The summed E-state index contributed by atoms with van der Waals surface area (Å²) in [5, 5.41) is 10.3. The van der Waals surface area contributed by atoms with Crippen molar-refractivity contribution in [2.45, 2.75) is 52.5 Å². The average Bonchev–Trinajstić information content (AvgIpc) is 2.71. The van der Waals surface area contributed by atoms with Crippen molar-refractivity contribution < 1.29 is 5.11 Å². The van der Waals surface area contributed by atoms with Crippen molar-refractivity contribution in [1.29, 1.82) is 0 Å². The minimum Gasteiger partial charge on any atom is -0.508 e. The maximum absolute atomic E-state index is 10.3. The van der Waals surface area contributed by atoms with Crippen LogP contribution in [-0.4, -0.2) is 5.11 Å². The highest BCUT2D eigenvalue weighted by atomic mass is 16.3. The Morgan fingerprint density at radius 1 is 1.32 bits per heavy atom. The predicted octanol–water partition coefficient (Wildman–Crippen LogP) is 3.78. The Kier molecular flexibility index (Phi) is 2.72. The molecule has 0 heterocycles. The third-order valence-corrected chi connectivity index (χ3v) is 6.54. The van der Waals surface area contributed by atoms with Crippen LogP contribution in [0.2, 0.25) is 0 Å². The number of fused-ring (bicyclic) bond motifs is 2. The summed E-state index contributed by atoms with van der Waals surface area (Å²) >= 11 is 0. The van der Waals surface area contributed by atoms with Crippen LogP contribution < -0.4 is 5.73 Å². The van der Waals surface area contributed by atoms with Crippen LogP contribution >= 0.6 is 0 Å². The number of rotatable bonds is 2. The third kappa shape index (κ3) is 1.53. The topological polar surface area (TPSA) is 46.2 Å². The normalized spacial score (nSPS) is 35.8. The van der Waals surface area contributed by atoms with Crippen LogP contribution in [0, 0.1) is 16.7 Å². The Bertz CT molecular complexity index is 508. The molecule has 3 rings (SSSR count). The third-order valence-electron chi connectivity index (χ3n) is 6.54. The summed E-state index contributed by atoms with van der Waals surface area (Å²) in [4.78, 5) is 0. The number of hydrogen-bond donors (Lipinski definition) is 2. The Labute approximate surface area is 116 Å². The highest BCUT2D eigenvalue weighted by Crippen LogP contribution is 2.71. The molecule has 0 saturated heterocycles. The first-order valence-corrected chi connectivity index (χ1v) is 7.42. The second-order valence-corrected chi connectivity index (χ2v) is 7.22. The molecule has 19 heavy (non-hydrogen) atoms. The molecule has 3 atom stereocenters. The summed E-state index contributed by atoms with van der Waals surface area (Å²) in [5.41, 5.74) is 8.79. The maximum Gasteiger partial charge on any atom is 0.119 e. The smallest absolute Gasteiger partial charge is 0.119 e. The van der Waals surface area contributed by atoms with Gasteiger partial charge in [0.05, 0.1) is 0 Å². The van der Waals surface area contributed by atoms with Gasteiger partial charge in [0.2, 0.25) is 0 Å². The largest absolute Gasteiger partial charge is 0.508 e. The second-order valence-electron chi connectivity index (χ2n) is 7.22. The first-order valence-electron chi connectivity index (χ1n) is 7.42. The minimum absolute atomic E-state index is 0.292. The van der Waals surface area contributed by atoms with E-state index in [0.717, 1.165) is 17.0 Å². The molecule has 1 aromatic rings. The summed E-state index contributed by atoms with van der Waals surface area (Å²) in [5.74, 6) is 1.69. The lowest BCUT2D eigenvalue weighted by Crippen LogP contribution is -2.31. The Balaban J connectivity index is 2.11. The molecule has 2 nitrogen and oxygen atoms in total. The number of phenols is 1. The summed E-state index contributed by atoms with van der Waals surface area (Å²) in [6, 6.07) is 5.79. The number of benzene rings is 1. The van der Waals surface area contributed by atoms with Crippen molar-refractivity contribution in [1.82, 2.24) is 0 Å². The summed E-state index contributed by atoms with van der Waals surface area (Å²) in [6.45, 7) is 7.75. The second kappa shape index (κ2) is 3.99. The van der Waals surface area contributed by atoms with E-state index in [0.29, 0.717) is 29.0 Å². The van der Waals surface area contributed by atoms with Crippen LogP contribution in [0.4, 0.5) is 0 Å².